The van der Waals surface area contributed by atoms with Gasteiger partial charge in [0.05, 0.1) is 6.54 Å². The van der Waals surface area contributed by atoms with E-state index in [4.69, 9.17) is 5.73 Å². The van der Waals surface area contributed by atoms with Crippen molar-refractivity contribution in [3.05, 3.63) is 23.9 Å². The Hall–Kier alpha value is -1.38. The second-order valence-corrected chi connectivity index (χ2v) is 2.70. The summed E-state index contributed by atoms with van der Waals surface area (Å²) in [4.78, 5) is 8.00. The minimum atomic E-state index is 0.307. The van der Waals surface area contributed by atoms with Crippen molar-refractivity contribution in [3.63, 3.8) is 0 Å². The molecule has 1 aliphatic rings. The number of allylic oxidation sites excluding steroid dienone is 2. The molecule has 1 aliphatic heterocycles. The van der Waals surface area contributed by atoms with Gasteiger partial charge in [0.1, 0.15) is 6.34 Å². The zero-order chi connectivity index (χ0) is 8.81. The van der Waals surface area contributed by atoms with Crippen LogP contribution >= 0.6 is 0 Å². The fourth-order valence-corrected chi connectivity index (χ4v) is 0.807. The van der Waals surface area contributed by atoms with Crippen LogP contribution in [0.15, 0.2) is 33.9 Å². The molecule has 0 radical (unpaired) electrons. The van der Waals surface area contributed by atoms with Crippen molar-refractivity contribution in [2.75, 3.05) is 6.54 Å². The van der Waals surface area contributed by atoms with Crippen LogP contribution < -0.4 is 5.73 Å². The average Bonchev–Trinajstić information content (AvgIpc) is 2.07. The van der Waals surface area contributed by atoms with Gasteiger partial charge in [0.2, 0.25) is 0 Å². The number of hydrogen-bond donors (Lipinski definition) is 1. The van der Waals surface area contributed by atoms with Gasteiger partial charge in [0.25, 0.3) is 0 Å². The van der Waals surface area contributed by atoms with Crippen LogP contribution in [0.25, 0.3) is 0 Å². The van der Waals surface area contributed by atoms with Gasteiger partial charge in [-0.25, -0.2) is 4.99 Å². The molecule has 0 aliphatic carbocycles. The summed E-state index contributed by atoms with van der Waals surface area (Å²) in [5.41, 5.74) is 6.40. The van der Waals surface area contributed by atoms with Gasteiger partial charge in [-0.3, -0.25) is 4.99 Å². The van der Waals surface area contributed by atoms with Gasteiger partial charge in [0, 0.05) is 17.8 Å². The molecular weight excluding hydrogens is 150 g/mol. The minimum Gasteiger partial charge on any atom is -0.399 e. The van der Waals surface area contributed by atoms with E-state index >= 15 is 0 Å². The zero-order valence-electron chi connectivity index (χ0n) is 7.14. The van der Waals surface area contributed by atoms with E-state index in [1.54, 1.807) is 6.34 Å². The lowest BCUT2D eigenvalue weighted by Gasteiger charge is -1.97. The van der Waals surface area contributed by atoms with Gasteiger partial charge >= 0.3 is 0 Å². The molecule has 0 aromatic carbocycles. The number of aliphatic imine (C=N–C) groups is 2. The minimum absolute atomic E-state index is 0.307. The van der Waals surface area contributed by atoms with Crippen LogP contribution in [0.4, 0.5) is 0 Å². The molecule has 3 nitrogen and oxygen atoms in total. The summed E-state index contributed by atoms with van der Waals surface area (Å²) in [6.07, 6.45) is 9.14. The molecule has 0 saturated carbocycles. The van der Waals surface area contributed by atoms with E-state index in [9.17, 15) is 0 Å². The first kappa shape index (κ1) is 8.71. The predicted molar refractivity (Wildman–Crippen MR) is 52.4 cm³/mol. The molecular formula is C9H13N3. The fourth-order valence-electron chi connectivity index (χ4n) is 0.807. The summed E-state index contributed by atoms with van der Waals surface area (Å²) in [6.45, 7) is 2.64. The third-order valence-electron chi connectivity index (χ3n) is 1.49. The molecule has 0 bridgehead atoms. The van der Waals surface area contributed by atoms with E-state index in [2.05, 4.69) is 9.98 Å². The van der Waals surface area contributed by atoms with Gasteiger partial charge in [-0.05, 0) is 12.2 Å². The number of nitrogens with two attached hydrogens (primary N) is 1. The van der Waals surface area contributed by atoms with Crippen LogP contribution in [-0.2, 0) is 0 Å². The van der Waals surface area contributed by atoms with Crippen LogP contribution in [-0.4, -0.2) is 19.1 Å². The van der Waals surface area contributed by atoms with Crippen molar-refractivity contribution in [2.24, 2.45) is 21.6 Å². The van der Waals surface area contributed by atoms with Crippen molar-refractivity contribution >= 4 is 12.6 Å². The Kier molecular flexibility index (Phi) is 3.26. The average molecular weight is 163 g/mol. The van der Waals surface area contributed by atoms with E-state index in [-0.39, 0.29) is 0 Å². The van der Waals surface area contributed by atoms with Gasteiger partial charge < -0.3 is 5.73 Å². The largest absolute Gasteiger partial charge is 0.399 e. The molecule has 3 heteroatoms. The van der Waals surface area contributed by atoms with Gasteiger partial charge in [-0.2, -0.15) is 0 Å². The smallest absolute Gasteiger partial charge is 0.109 e. The Labute approximate surface area is 72.4 Å². The number of rotatable bonds is 0. The summed E-state index contributed by atoms with van der Waals surface area (Å²) in [6, 6.07) is 0. The molecule has 0 aromatic rings. The van der Waals surface area contributed by atoms with E-state index in [0.29, 0.717) is 12.5 Å². The molecule has 0 amide bonds. The van der Waals surface area contributed by atoms with E-state index < -0.39 is 0 Å². The Bertz CT molecular complexity index is 248. The van der Waals surface area contributed by atoms with Crippen molar-refractivity contribution in [3.8, 4) is 0 Å². The molecule has 2 N–H and O–H groups in total. The molecule has 12 heavy (non-hydrogen) atoms. The van der Waals surface area contributed by atoms with Crippen molar-refractivity contribution in [1.82, 2.24) is 0 Å². The topological polar surface area (TPSA) is 50.7 Å². The van der Waals surface area contributed by atoms with E-state index in [1.807, 2.05) is 31.4 Å². The standard InChI is InChI=1S/C9H13N3/c1-8-2-3-9(10)4-5-11-7-12-6-8/h2-4,6-8H,5,10H2,1H3/b3-2-,9-4+,11-7-,12-6-. The Morgan fingerprint density at radius 1 is 1.58 bits per heavy atom. The summed E-state index contributed by atoms with van der Waals surface area (Å²) >= 11 is 0. The number of hydrogen-bond acceptors (Lipinski definition) is 3. The molecule has 64 valence electrons. The first-order valence-corrected chi connectivity index (χ1v) is 3.94. The highest BCUT2D eigenvalue weighted by molar-refractivity contribution is 5.74. The highest BCUT2D eigenvalue weighted by Crippen LogP contribution is 1.97. The summed E-state index contributed by atoms with van der Waals surface area (Å²) in [7, 11) is 0. The second kappa shape index (κ2) is 4.49. The maximum atomic E-state index is 5.64. The molecule has 1 heterocycles. The maximum absolute atomic E-state index is 5.64. The van der Waals surface area contributed by atoms with Crippen LogP contribution in [0.1, 0.15) is 6.92 Å². The molecule has 1 rings (SSSR count). The quantitative estimate of drug-likeness (QED) is 0.572. The van der Waals surface area contributed by atoms with Gasteiger partial charge in [-0.1, -0.05) is 13.0 Å². The lowest BCUT2D eigenvalue weighted by Crippen LogP contribution is -1.98. The first-order valence-electron chi connectivity index (χ1n) is 3.94. The Morgan fingerprint density at radius 3 is 3.25 bits per heavy atom. The molecule has 0 aromatic heterocycles. The highest BCUT2D eigenvalue weighted by Gasteiger charge is 1.91. The van der Waals surface area contributed by atoms with Crippen LogP contribution in [0, 0.1) is 5.92 Å². The van der Waals surface area contributed by atoms with E-state index in [0.717, 1.165) is 5.70 Å². The SMILES string of the molecule is CC1/C=C\C(N)=C/C/N=C\N=C/1. The normalized spacial score (nSPS) is 36.1. The monoisotopic (exact) mass is 163 g/mol. The molecule has 0 spiro atoms. The third kappa shape index (κ3) is 3.14. The molecule has 1 atom stereocenters. The number of nitrogens with zero attached hydrogens (tertiary/aromatic N) is 2. The van der Waals surface area contributed by atoms with Crippen molar-refractivity contribution in [2.45, 2.75) is 6.92 Å². The third-order valence-corrected chi connectivity index (χ3v) is 1.49. The summed E-state index contributed by atoms with van der Waals surface area (Å²) in [5.74, 6) is 0.307. The summed E-state index contributed by atoms with van der Waals surface area (Å²) in [5, 5.41) is 0. The molecule has 1 unspecified atom stereocenters. The lowest BCUT2D eigenvalue weighted by atomic mass is 10.2. The Balaban J connectivity index is 2.73. The van der Waals surface area contributed by atoms with Crippen LogP contribution in [0.3, 0.4) is 0 Å². The first-order chi connectivity index (χ1) is 5.79. The maximum Gasteiger partial charge on any atom is 0.109 e. The van der Waals surface area contributed by atoms with Gasteiger partial charge in [-0.15, -0.1) is 0 Å². The van der Waals surface area contributed by atoms with E-state index in [1.165, 1.54) is 0 Å². The van der Waals surface area contributed by atoms with Crippen molar-refractivity contribution in [1.29, 1.82) is 0 Å². The van der Waals surface area contributed by atoms with Crippen LogP contribution in [0.2, 0.25) is 0 Å². The second-order valence-electron chi connectivity index (χ2n) is 2.70. The highest BCUT2D eigenvalue weighted by atomic mass is 14.8. The summed E-state index contributed by atoms with van der Waals surface area (Å²) < 4.78 is 0. The fraction of sp³-hybridized carbons (Fsp3) is 0.333. The molecule has 0 fully saturated rings. The van der Waals surface area contributed by atoms with Crippen LogP contribution in [0.5, 0.6) is 0 Å². The Morgan fingerprint density at radius 2 is 2.42 bits per heavy atom. The zero-order valence-corrected chi connectivity index (χ0v) is 7.14. The van der Waals surface area contributed by atoms with Crippen molar-refractivity contribution < 1.29 is 0 Å². The lowest BCUT2D eigenvalue weighted by molar-refractivity contribution is 1.02. The van der Waals surface area contributed by atoms with Gasteiger partial charge in [0.15, 0.2) is 0 Å². The molecule has 0 saturated heterocycles. The predicted octanol–water partition coefficient (Wildman–Crippen LogP) is 1.13.